The van der Waals surface area contributed by atoms with Crippen molar-refractivity contribution in [3.05, 3.63) is 65.9 Å². The first-order chi connectivity index (χ1) is 20.5. The lowest BCUT2D eigenvalue weighted by atomic mass is 9.94. The fourth-order valence-electron chi connectivity index (χ4n) is 5.13. The highest BCUT2D eigenvalue weighted by molar-refractivity contribution is 7.92. The van der Waals surface area contributed by atoms with Gasteiger partial charge < -0.3 is 30.7 Å². The number of carbonyl (C=O) groups is 1. The summed E-state index contributed by atoms with van der Waals surface area (Å²) in [4.78, 5) is 33.6. The Morgan fingerprint density at radius 3 is 2.72 bits per heavy atom. The molecule has 0 radical (unpaired) electrons. The largest absolute Gasteiger partial charge is 0.368 e. The van der Waals surface area contributed by atoms with Gasteiger partial charge in [-0.15, -0.1) is 6.58 Å². The average Bonchev–Trinajstić information content (AvgIpc) is 2.90. The quantitative estimate of drug-likeness (QED) is 0.296. The molecular formula is C30H40N10O2S. The molecule has 3 N–H and O–H groups in total. The van der Waals surface area contributed by atoms with Crippen LogP contribution in [0.5, 0.6) is 0 Å². The van der Waals surface area contributed by atoms with Gasteiger partial charge in [-0.25, -0.2) is 14.2 Å². The summed E-state index contributed by atoms with van der Waals surface area (Å²) >= 11 is 0. The summed E-state index contributed by atoms with van der Waals surface area (Å²) < 4.78 is 16.4. The first-order valence-electron chi connectivity index (χ1n) is 14.2. The first kappa shape index (κ1) is 30.4. The van der Waals surface area contributed by atoms with Crippen LogP contribution in [-0.2, 0) is 22.7 Å². The maximum Gasteiger partial charge on any atom is 0.256 e. The van der Waals surface area contributed by atoms with Gasteiger partial charge in [-0.1, -0.05) is 12.1 Å². The van der Waals surface area contributed by atoms with E-state index in [1.54, 1.807) is 36.8 Å². The Morgan fingerprint density at radius 2 is 2.00 bits per heavy atom. The number of hydrogen-bond acceptors (Lipinski definition) is 11. The molecule has 0 unspecified atom stereocenters. The topological polar surface area (TPSA) is 131 Å². The molecule has 13 heteroatoms. The van der Waals surface area contributed by atoms with Crippen molar-refractivity contribution in [3.63, 3.8) is 0 Å². The van der Waals surface area contributed by atoms with Crippen LogP contribution in [-0.4, -0.2) is 101 Å². The first-order valence-corrected chi connectivity index (χ1v) is 16.5. The minimum absolute atomic E-state index is 0.245. The number of benzene rings is 1. The zero-order chi connectivity index (χ0) is 30.7. The van der Waals surface area contributed by atoms with E-state index < -0.39 is 9.73 Å². The number of likely N-dealkylation sites (N-methyl/N-ethyl adjacent to an activating group) is 2. The van der Waals surface area contributed by atoms with Crippen molar-refractivity contribution in [1.29, 1.82) is 0 Å². The zero-order valence-corrected chi connectivity index (χ0v) is 26.2. The molecule has 2 aliphatic heterocycles. The number of fused-ring (bicyclic) bond motifs is 1. The number of pyridine rings is 1. The van der Waals surface area contributed by atoms with Gasteiger partial charge in [0.2, 0.25) is 5.95 Å². The number of rotatable bonds is 10. The summed E-state index contributed by atoms with van der Waals surface area (Å²) in [5.74, 6) is 0.969. The van der Waals surface area contributed by atoms with Crippen LogP contribution in [0.1, 0.15) is 21.5 Å². The van der Waals surface area contributed by atoms with Crippen molar-refractivity contribution in [2.24, 2.45) is 4.36 Å². The Labute approximate surface area is 253 Å². The fraction of sp³-hybridized carbons (Fsp3) is 0.400. The van der Waals surface area contributed by atoms with Crippen LogP contribution in [0.4, 0.5) is 34.8 Å². The van der Waals surface area contributed by atoms with Crippen molar-refractivity contribution < 1.29 is 9.00 Å². The lowest BCUT2D eigenvalue weighted by molar-refractivity contribution is 0.0958. The third-order valence-electron chi connectivity index (χ3n) is 7.43. The summed E-state index contributed by atoms with van der Waals surface area (Å²) in [5.41, 5.74) is 5.06. The van der Waals surface area contributed by atoms with Crippen molar-refractivity contribution >= 4 is 50.4 Å². The highest BCUT2D eigenvalue weighted by Crippen LogP contribution is 2.36. The van der Waals surface area contributed by atoms with Gasteiger partial charge in [0.05, 0.1) is 0 Å². The summed E-state index contributed by atoms with van der Waals surface area (Å²) in [6.45, 7) is 7.84. The molecular weight excluding hydrogens is 564 g/mol. The molecule has 1 amide bonds. The summed E-state index contributed by atoms with van der Waals surface area (Å²) in [5, 5.41) is 9.30. The highest BCUT2D eigenvalue weighted by Gasteiger charge is 2.31. The molecule has 0 spiro atoms. The molecule has 1 saturated heterocycles. The van der Waals surface area contributed by atoms with Crippen LogP contribution in [0.3, 0.4) is 0 Å². The van der Waals surface area contributed by atoms with Gasteiger partial charge >= 0.3 is 0 Å². The van der Waals surface area contributed by atoms with Gasteiger partial charge in [0, 0.05) is 78.6 Å². The third-order valence-corrected chi connectivity index (χ3v) is 8.05. The molecule has 2 aromatic heterocycles. The van der Waals surface area contributed by atoms with Crippen LogP contribution in [0.15, 0.2) is 53.5 Å². The molecule has 2 aliphatic rings. The van der Waals surface area contributed by atoms with Crippen LogP contribution in [0, 0.1) is 0 Å². The van der Waals surface area contributed by atoms with Crippen LogP contribution < -0.4 is 20.9 Å². The van der Waals surface area contributed by atoms with Crippen molar-refractivity contribution in [1.82, 2.24) is 30.1 Å². The number of nitrogens with zero attached hydrogens (tertiary/aromatic N) is 7. The molecule has 3 aromatic rings. The Morgan fingerprint density at radius 1 is 1.21 bits per heavy atom. The van der Waals surface area contributed by atoms with E-state index in [0.717, 1.165) is 38.3 Å². The van der Waals surface area contributed by atoms with E-state index in [2.05, 4.69) is 89.8 Å². The van der Waals surface area contributed by atoms with E-state index in [0.29, 0.717) is 30.2 Å². The van der Waals surface area contributed by atoms with E-state index in [9.17, 15) is 9.00 Å². The van der Waals surface area contributed by atoms with E-state index in [4.69, 9.17) is 0 Å². The molecule has 5 rings (SSSR count). The molecule has 43 heavy (non-hydrogen) atoms. The number of aromatic nitrogens is 3. The van der Waals surface area contributed by atoms with Crippen molar-refractivity contribution in [2.75, 3.05) is 75.4 Å². The summed E-state index contributed by atoms with van der Waals surface area (Å²) in [7, 11) is 3.99. The van der Waals surface area contributed by atoms with Crippen LogP contribution in [0.25, 0.3) is 0 Å². The molecule has 12 nitrogen and oxygen atoms in total. The lowest BCUT2D eigenvalue weighted by Gasteiger charge is -2.46. The second-order valence-corrected chi connectivity index (χ2v) is 14.0. The number of nitrogens with one attached hydrogen (secondary N) is 3. The Kier molecular flexibility index (Phi) is 8.95. The predicted molar refractivity (Wildman–Crippen MR) is 174 cm³/mol. The summed E-state index contributed by atoms with van der Waals surface area (Å²) in [6, 6.07) is 10.0. The lowest BCUT2D eigenvalue weighted by Crippen LogP contribution is -2.57. The van der Waals surface area contributed by atoms with Crippen LogP contribution >= 0.6 is 0 Å². The Balaban J connectivity index is 1.47. The van der Waals surface area contributed by atoms with Gasteiger partial charge in [0.25, 0.3) is 5.91 Å². The number of carbonyl (C=O) groups excluding carboxylic acids is 1. The van der Waals surface area contributed by atoms with E-state index in [-0.39, 0.29) is 17.3 Å². The third kappa shape index (κ3) is 7.48. The molecule has 4 heterocycles. The molecule has 228 valence electrons. The number of amides is 1. The molecule has 0 bridgehead atoms. The Hall–Kier alpha value is -4.07. The highest BCUT2D eigenvalue weighted by atomic mass is 32.2. The number of hydrogen-bond donors (Lipinski definition) is 3. The van der Waals surface area contributed by atoms with Crippen LogP contribution in [0.2, 0.25) is 0 Å². The second-order valence-electron chi connectivity index (χ2n) is 11.5. The van der Waals surface area contributed by atoms with Gasteiger partial charge in [-0.05, 0) is 63.0 Å². The normalized spacial score (nSPS) is 15.4. The van der Waals surface area contributed by atoms with Gasteiger partial charge in [-0.3, -0.25) is 4.79 Å². The molecule has 0 saturated carbocycles. The molecule has 0 atom stereocenters. The van der Waals surface area contributed by atoms with E-state index in [1.165, 1.54) is 23.0 Å². The number of anilines is 5. The van der Waals surface area contributed by atoms with Crippen molar-refractivity contribution in [2.45, 2.75) is 19.0 Å². The maximum absolute atomic E-state index is 13.0. The molecule has 0 aliphatic carbocycles. The average molecular weight is 605 g/mol. The monoisotopic (exact) mass is 604 g/mol. The zero-order valence-electron chi connectivity index (χ0n) is 25.4. The summed E-state index contributed by atoms with van der Waals surface area (Å²) in [6.07, 6.45) is 7.19. The minimum atomic E-state index is -2.40. The van der Waals surface area contributed by atoms with E-state index >= 15 is 0 Å². The second kappa shape index (κ2) is 12.7. The molecule has 1 fully saturated rings. The van der Waals surface area contributed by atoms with Gasteiger partial charge in [0.1, 0.15) is 17.2 Å². The fourth-order valence-corrected chi connectivity index (χ4v) is 5.69. The molecule has 1 aromatic carbocycles. The SMILES string of the molecule is C=CCNC(=O)c1cnc(Nc2cc3c(c(N4CC(N(C)C)C4)c2)CCN(C)C3)nc1Nc1cccc(N=S(C)(C)=O)n1. The van der Waals surface area contributed by atoms with Gasteiger partial charge in [-0.2, -0.15) is 9.35 Å². The Bertz CT molecular complexity index is 1640. The van der Waals surface area contributed by atoms with Gasteiger partial charge in [0.15, 0.2) is 5.82 Å². The maximum atomic E-state index is 13.0. The van der Waals surface area contributed by atoms with Crippen molar-refractivity contribution in [3.8, 4) is 0 Å². The predicted octanol–water partition coefficient (Wildman–Crippen LogP) is 3.37. The standard InChI is InChI=1S/C30H40N10O2S/c1-7-12-31-29(41)24-16-32-30(36-28(24)35-26-9-8-10-27(34-26)37-43(5,6)42)33-21-14-20-17-39(4)13-11-23(20)25(15-21)40-18-22(19-40)38(2)3/h7-10,14-16,22H,1,11-13,17-19H2,2-6H3,(H,31,41)(H2,32,33,34,35,36). The smallest absolute Gasteiger partial charge is 0.256 e. The van der Waals surface area contributed by atoms with E-state index in [1.807, 2.05) is 0 Å². The minimum Gasteiger partial charge on any atom is -0.368 e.